The molecule has 0 saturated heterocycles. The highest BCUT2D eigenvalue weighted by atomic mass is 127. The largest absolute Gasteiger partial charge is 0.473 e. The van der Waals surface area contributed by atoms with Gasteiger partial charge in [-0.25, -0.2) is 9.97 Å². The van der Waals surface area contributed by atoms with Crippen molar-refractivity contribution in [2.75, 3.05) is 0 Å². The van der Waals surface area contributed by atoms with Gasteiger partial charge in [0.05, 0.1) is 0 Å². The number of nitrogens with zero attached hydrogens (tertiary/aromatic N) is 2. The molecule has 1 aromatic carbocycles. The molecule has 0 amide bonds. The summed E-state index contributed by atoms with van der Waals surface area (Å²) in [4.78, 5) is 8.01. The Morgan fingerprint density at radius 2 is 1.93 bits per heavy atom. The van der Waals surface area contributed by atoms with Gasteiger partial charge in [0.1, 0.15) is 16.6 Å². The lowest BCUT2D eigenvalue weighted by atomic mass is 10.2. The third kappa shape index (κ3) is 3.16. The van der Waals surface area contributed by atoms with Crippen LogP contribution in [0.2, 0.25) is 0 Å². The smallest absolute Gasteiger partial charge is 0.217 e. The van der Waals surface area contributed by atoms with Crippen molar-refractivity contribution in [2.45, 2.75) is 6.61 Å². The van der Waals surface area contributed by atoms with Crippen molar-refractivity contribution in [3.63, 3.8) is 0 Å². The highest BCUT2D eigenvalue weighted by Gasteiger charge is 1.97. The standard InChI is InChI=1S/C11H9IN2O/c12-10-6-11(14-8-13-10)15-7-9-4-2-1-3-5-9/h1-6,8H,7H2. The number of benzene rings is 1. The van der Waals surface area contributed by atoms with E-state index in [2.05, 4.69) is 32.6 Å². The monoisotopic (exact) mass is 312 g/mol. The Labute approximate surface area is 102 Å². The Kier molecular flexibility index (Phi) is 3.49. The van der Waals surface area contributed by atoms with Crippen LogP contribution in [0.5, 0.6) is 5.88 Å². The van der Waals surface area contributed by atoms with Crippen LogP contribution in [0.1, 0.15) is 5.56 Å². The summed E-state index contributed by atoms with van der Waals surface area (Å²) >= 11 is 2.13. The quantitative estimate of drug-likeness (QED) is 0.645. The van der Waals surface area contributed by atoms with Crippen LogP contribution in [0, 0.1) is 3.70 Å². The molecule has 0 spiro atoms. The summed E-state index contributed by atoms with van der Waals surface area (Å²) in [7, 11) is 0. The average Bonchev–Trinajstić information content (AvgIpc) is 2.28. The first-order chi connectivity index (χ1) is 7.34. The molecule has 0 aliphatic heterocycles. The van der Waals surface area contributed by atoms with Crippen molar-refractivity contribution in [3.8, 4) is 5.88 Å². The average molecular weight is 312 g/mol. The van der Waals surface area contributed by atoms with Crippen LogP contribution in [0.15, 0.2) is 42.7 Å². The van der Waals surface area contributed by atoms with Gasteiger partial charge in [0, 0.05) is 6.07 Å². The molecule has 0 radical (unpaired) electrons. The molecule has 1 aromatic heterocycles. The zero-order chi connectivity index (χ0) is 10.5. The molecule has 0 unspecified atom stereocenters. The minimum Gasteiger partial charge on any atom is -0.473 e. The molecule has 0 fully saturated rings. The summed E-state index contributed by atoms with van der Waals surface area (Å²) in [5.41, 5.74) is 1.13. The van der Waals surface area contributed by atoms with Crippen molar-refractivity contribution in [3.05, 3.63) is 52.0 Å². The van der Waals surface area contributed by atoms with Crippen LogP contribution in [0.4, 0.5) is 0 Å². The van der Waals surface area contributed by atoms with E-state index in [0.717, 1.165) is 9.26 Å². The summed E-state index contributed by atoms with van der Waals surface area (Å²) in [6, 6.07) is 11.8. The second kappa shape index (κ2) is 5.06. The first-order valence-electron chi connectivity index (χ1n) is 4.49. The Morgan fingerprint density at radius 1 is 1.13 bits per heavy atom. The van der Waals surface area contributed by atoms with Gasteiger partial charge in [-0.3, -0.25) is 0 Å². The van der Waals surface area contributed by atoms with Crippen LogP contribution >= 0.6 is 22.6 Å². The summed E-state index contributed by atoms with van der Waals surface area (Å²) in [6.45, 7) is 0.536. The molecule has 2 rings (SSSR count). The van der Waals surface area contributed by atoms with Crippen LogP contribution in [0.3, 0.4) is 0 Å². The predicted molar refractivity (Wildman–Crippen MR) is 65.5 cm³/mol. The normalized spacial score (nSPS) is 9.93. The molecule has 0 N–H and O–H groups in total. The third-order valence-corrected chi connectivity index (χ3v) is 2.43. The highest BCUT2D eigenvalue weighted by molar-refractivity contribution is 14.1. The molecule has 76 valence electrons. The Hall–Kier alpha value is -1.17. The Balaban J connectivity index is 1.99. The van der Waals surface area contributed by atoms with Gasteiger partial charge < -0.3 is 4.74 Å². The van der Waals surface area contributed by atoms with E-state index < -0.39 is 0 Å². The van der Waals surface area contributed by atoms with Gasteiger partial charge >= 0.3 is 0 Å². The minimum atomic E-state index is 0.536. The van der Waals surface area contributed by atoms with E-state index in [-0.39, 0.29) is 0 Å². The number of hydrogen-bond acceptors (Lipinski definition) is 3. The van der Waals surface area contributed by atoms with Crippen LogP contribution < -0.4 is 4.74 Å². The topological polar surface area (TPSA) is 35.0 Å². The molecule has 2 aromatic rings. The lowest BCUT2D eigenvalue weighted by Gasteiger charge is -2.04. The molecular weight excluding hydrogens is 303 g/mol. The minimum absolute atomic E-state index is 0.536. The number of rotatable bonds is 3. The fourth-order valence-electron chi connectivity index (χ4n) is 1.13. The Bertz CT molecular complexity index is 434. The van der Waals surface area contributed by atoms with Crippen LogP contribution in [-0.4, -0.2) is 9.97 Å². The Morgan fingerprint density at radius 3 is 2.67 bits per heavy atom. The first-order valence-corrected chi connectivity index (χ1v) is 5.57. The maximum atomic E-state index is 5.52. The molecule has 3 nitrogen and oxygen atoms in total. The molecule has 0 aliphatic carbocycles. The lowest BCUT2D eigenvalue weighted by Crippen LogP contribution is -1.97. The molecule has 0 atom stereocenters. The highest BCUT2D eigenvalue weighted by Crippen LogP contribution is 2.10. The van der Waals surface area contributed by atoms with E-state index in [9.17, 15) is 0 Å². The van der Waals surface area contributed by atoms with Gasteiger partial charge in [0.2, 0.25) is 5.88 Å². The lowest BCUT2D eigenvalue weighted by molar-refractivity contribution is 0.293. The van der Waals surface area contributed by atoms with Gasteiger partial charge in [-0.05, 0) is 28.2 Å². The van der Waals surface area contributed by atoms with E-state index >= 15 is 0 Å². The SMILES string of the molecule is Ic1cc(OCc2ccccc2)ncn1. The molecule has 0 bridgehead atoms. The third-order valence-electron chi connectivity index (χ3n) is 1.84. The van der Waals surface area contributed by atoms with Crippen molar-refractivity contribution in [1.29, 1.82) is 0 Å². The van der Waals surface area contributed by atoms with Crippen molar-refractivity contribution in [1.82, 2.24) is 9.97 Å². The first kappa shape index (κ1) is 10.4. The maximum absolute atomic E-state index is 5.52. The van der Waals surface area contributed by atoms with Gasteiger partial charge in [0.15, 0.2) is 0 Å². The molecule has 4 heteroatoms. The summed E-state index contributed by atoms with van der Waals surface area (Å²) in [6.07, 6.45) is 1.50. The fourth-order valence-corrected chi connectivity index (χ4v) is 1.52. The van der Waals surface area contributed by atoms with Crippen LogP contribution in [0.25, 0.3) is 0 Å². The van der Waals surface area contributed by atoms with Crippen molar-refractivity contribution >= 4 is 22.6 Å². The van der Waals surface area contributed by atoms with E-state index in [1.54, 1.807) is 0 Å². The number of halogens is 1. The van der Waals surface area contributed by atoms with E-state index in [0.29, 0.717) is 12.5 Å². The van der Waals surface area contributed by atoms with Crippen LogP contribution in [-0.2, 0) is 6.61 Å². The molecular formula is C11H9IN2O. The van der Waals surface area contributed by atoms with Gasteiger partial charge in [-0.2, -0.15) is 0 Å². The van der Waals surface area contributed by atoms with Gasteiger partial charge in [-0.15, -0.1) is 0 Å². The molecule has 0 saturated carbocycles. The van der Waals surface area contributed by atoms with Crippen molar-refractivity contribution in [2.24, 2.45) is 0 Å². The number of hydrogen-bond donors (Lipinski definition) is 0. The summed E-state index contributed by atoms with van der Waals surface area (Å²) < 4.78 is 6.40. The zero-order valence-corrected chi connectivity index (χ0v) is 10.1. The molecule has 1 heterocycles. The van der Waals surface area contributed by atoms with E-state index in [1.165, 1.54) is 6.33 Å². The van der Waals surface area contributed by atoms with E-state index in [1.807, 2.05) is 36.4 Å². The van der Waals surface area contributed by atoms with E-state index in [4.69, 9.17) is 4.74 Å². The van der Waals surface area contributed by atoms with Crippen molar-refractivity contribution < 1.29 is 4.74 Å². The van der Waals surface area contributed by atoms with Gasteiger partial charge in [0.25, 0.3) is 0 Å². The molecule has 0 aliphatic rings. The maximum Gasteiger partial charge on any atom is 0.217 e. The van der Waals surface area contributed by atoms with Gasteiger partial charge in [-0.1, -0.05) is 30.3 Å². The molecule has 15 heavy (non-hydrogen) atoms. The second-order valence-corrected chi connectivity index (χ2v) is 4.06. The predicted octanol–water partition coefficient (Wildman–Crippen LogP) is 2.66. The fraction of sp³-hybridized carbons (Fsp3) is 0.0909. The summed E-state index contributed by atoms with van der Waals surface area (Å²) in [5, 5.41) is 0. The zero-order valence-electron chi connectivity index (χ0n) is 7.93. The number of ether oxygens (including phenoxy) is 1. The summed E-state index contributed by atoms with van der Waals surface area (Å²) in [5.74, 6) is 0.609. The second-order valence-electron chi connectivity index (χ2n) is 2.95. The number of aromatic nitrogens is 2.